The lowest BCUT2D eigenvalue weighted by Crippen LogP contribution is -2.39. The van der Waals surface area contributed by atoms with Gasteiger partial charge in [0, 0.05) is 18.9 Å². The number of hydrogen-bond acceptors (Lipinski definition) is 2. The van der Waals surface area contributed by atoms with Crippen molar-refractivity contribution in [3.05, 3.63) is 35.6 Å². The molecule has 4 nitrogen and oxygen atoms in total. The molecule has 1 amide bonds. The zero-order valence-electron chi connectivity index (χ0n) is 11.3. The second-order valence-corrected chi connectivity index (χ2v) is 5.78. The molecule has 1 N–H and O–H groups in total. The molecule has 1 aliphatic heterocycles. The van der Waals surface area contributed by atoms with Crippen molar-refractivity contribution in [3.63, 3.8) is 0 Å². The van der Waals surface area contributed by atoms with E-state index >= 15 is 0 Å². The largest absolute Gasteiger partial charge is 0.479 e. The number of benzene rings is 1. The van der Waals surface area contributed by atoms with E-state index in [1.807, 2.05) is 0 Å². The van der Waals surface area contributed by atoms with Crippen LogP contribution >= 0.6 is 0 Å². The molecule has 0 aromatic heterocycles. The van der Waals surface area contributed by atoms with Crippen molar-refractivity contribution in [1.82, 2.24) is 4.90 Å². The highest BCUT2D eigenvalue weighted by Crippen LogP contribution is 2.49. The minimum Gasteiger partial charge on any atom is -0.479 e. The van der Waals surface area contributed by atoms with Crippen LogP contribution < -0.4 is 0 Å². The van der Waals surface area contributed by atoms with Gasteiger partial charge in [0.1, 0.15) is 5.82 Å². The summed E-state index contributed by atoms with van der Waals surface area (Å²) < 4.78 is 26.8. The molecule has 1 aliphatic carbocycles. The van der Waals surface area contributed by atoms with E-state index < -0.39 is 11.6 Å². The monoisotopic (exact) mass is 295 g/mol. The summed E-state index contributed by atoms with van der Waals surface area (Å²) in [7, 11) is 0. The van der Waals surface area contributed by atoms with Crippen LogP contribution in [0.2, 0.25) is 0 Å². The average Bonchev–Trinajstić information content (AvgIpc) is 3.14. The number of carbonyl (C=O) groups is 2. The Morgan fingerprint density at radius 1 is 1.29 bits per heavy atom. The van der Waals surface area contributed by atoms with Gasteiger partial charge in [-0.3, -0.25) is 4.79 Å². The zero-order valence-corrected chi connectivity index (χ0v) is 11.3. The van der Waals surface area contributed by atoms with Crippen LogP contribution in [0.4, 0.5) is 8.78 Å². The van der Waals surface area contributed by atoms with Gasteiger partial charge >= 0.3 is 5.97 Å². The van der Waals surface area contributed by atoms with Crippen molar-refractivity contribution in [2.75, 3.05) is 13.1 Å². The first-order chi connectivity index (χ1) is 9.90. The standard InChI is InChI=1S/C15H15F2NO3/c16-10-3-1-9(2-4-10)11-7-12(11)13(19)18-6-5-15(17,8-18)14(20)21/h1-4,11-12H,5-8H2,(H,20,21). The Morgan fingerprint density at radius 2 is 1.95 bits per heavy atom. The molecule has 0 spiro atoms. The van der Waals surface area contributed by atoms with E-state index in [2.05, 4.69) is 0 Å². The number of halogens is 2. The Morgan fingerprint density at radius 3 is 2.52 bits per heavy atom. The van der Waals surface area contributed by atoms with Crippen LogP contribution in [0.1, 0.15) is 24.3 Å². The average molecular weight is 295 g/mol. The van der Waals surface area contributed by atoms with Crippen molar-refractivity contribution >= 4 is 11.9 Å². The summed E-state index contributed by atoms with van der Waals surface area (Å²) >= 11 is 0. The van der Waals surface area contributed by atoms with E-state index in [-0.39, 0.29) is 43.1 Å². The second-order valence-electron chi connectivity index (χ2n) is 5.78. The Balaban J connectivity index is 1.64. The van der Waals surface area contributed by atoms with Gasteiger partial charge in [0.25, 0.3) is 0 Å². The highest BCUT2D eigenvalue weighted by Gasteiger charge is 2.52. The molecule has 112 valence electrons. The SMILES string of the molecule is O=C(C1CC1c1ccc(F)cc1)N1CCC(F)(C(=O)O)C1. The van der Waals surface area contributed by atoms with Gasteiger partial charge in [-0.15, -0.1) is 0 Å². The Kier molecular flexibility index (Phi) is 3.19. The van der Waals surface area contributed by atoms with Crippen molar-refractivity contribution in [2.24, 2.45) is 5.92 Å². The molecule has 1 saturated carbocycles. The smallest absolute Gasteiger partial charge is 0.343 e. The highest BCUT2D eigenvalue weighted by molar-refractivity contribution is 5.86. The number of alkyl halides is 1. The van der Waals surface area contributed by atoms with Crippen molar-refractivity contribution in [2.45, 2.75) is 24.4 Å². The number of carbonyl (C=O) groups excluding carboxylic acids is 1. The predicted molar refractivity (Wildman–Crippen MR) is 69.9 cm³/mol. The van der Waals surface area contributed by atoms with Gasteiger partial charge in [-0.2, -0.15) is 0 Å². The lowest BCUT2D eigenvalue weighted by molar-refractivity contribution is -0.150. The van der Waals surface area contributed by atoms with Crippen molar-refractivity contribution in [3.8, 4) is 0 Å². The van der Waals surface area contributed by atoms with Crippen LogP contribution in [0.5, 0.6) is 0 Å². The van der Waals surface area contributed by atoms with Crippen LogP contribution in [-0.4, -0.2) is 40.6 Å². The fourth-order valence-electron chi connectivity index (χ4n) is 2.92. The summed E-state index contributed by atoms with van der Waals surface area (Å²) in [5.74, 6) is -2.26. The Bertz CT molecular complexity index is 589. The van der Waals surface area contributed by atoms with Crippen LogP contribution in [0.3, 0.4) is 0 Å². The highest BCUT2D eigenvalue weighted by atomic mass is 19.1. The third-order valence-electron chi connectivity index (χ3n) is 4.32. The van der Waals surface area contributed by atoms with Crippen LogP contribution in [0, 0.1) is 11.7 Å². The fraction of sp³-hybridized carbons (Fsp3) is 0.467. The van der Waals surface area contributed by atoms with E-state index in [0.717, 1.165) is 5.56 Å². The van der Waals surface area contributed by atoms with Gasteiger partial charge in [-0.1, -0.05) is 12.1 Å². The summed E-state index contributed by atoms with van der Waals surface area (Å²) in [5.41, 5.74) is -1.44. The van der Waals surface area contributed by atoms with Gasteiger partial charge in [0.05, 0.1) is 6.54 Å². The number of hydrogen-bond donors (Lipinski definition) is 1. The molecule has 6 heteroatoms. The van der Waals surface area contributed by atoms with E-state index in [4.69, 9.17) is 5.11 Å². The van der Waals surface area contributed by atoms with Gasteiger partial charge < -0.3 is 10.0 Å². The number of carboxylic acids is 1. The molecule has 2 fully saturated rings. The number of carboxylic acid groups (broad SMARTS) is 1. The van der Waals surface area contributed by atoms with Crippen LogP contribution in [0.15, 0.2) is 24.3 Å². The molecule has 3 unspecified atom stereocenters. The maximum Gasteiger partial charge on any atom is 0.343 e. The molecular weight excluding hydrogens is 280 g/mol. The summed E-state index contributed by atoms with van der Waals surface area (Å²) in [6.45, 7) is -0.248. The fourth-order valence-corrected chi connectivity index (χ4v) is 2.92. The van der Waals surface area contributed by atoms with E-state index in [9.17, 15) is 18.4 Å². The summed E-state index contributed by atoms with van der Waals surface area (Å²) in [5, 5.41) is 8.83. The number of amides is 1. The topological polar surface area (TPSA) is 57.6 Å². The molecule has 1 aromatic rings. The first kappa shape index (κ1) is 14.0. The minimum atomic E-state index is -2.32. The molecule has 3 rings (SSSR count). The van der Waals surface area contributed by atoms with Gasteiger partial charge in [0.15, 0.2) is 0 Å². The molecule has 1 saturated heterocycles. The molecule has 0 radical (unpaired) electrons. The normalized spacial score (nSPS) is 31.2. The van der Waals surface area contributed by atoms with E-state index in [1.165, 1.54) is 17.0 Å². The van der Waals surface area contributed by atoms with Crippen LogP contribution in [0.25, 0.3) is 0 Å². The summed E-state index contributed by atoms with van der Waals surface area (Å²) in [6, 6.07) is 5.99. The minimum absolute atomic E-state index is 0.0255. The molecule has 1 heterocycles. The van der Waals surface area contributed by atoms with Crippen LogP contribution in [-0.2, 0) is 9.59 Å². The first-order valence-corrected chi connectivity index (χ1v) is 6.87. The zero-order chi connectivity index (χ0) is 15.2. The van der Waals surface area contributed by atoms with E-state index in [0.29, 0.717) is 6.42 Å². The number of nitrogens with zero attached hydrogens (tertiary/aromatic N) is 1. The lowest BCUT2D eigenvalue weighted by atomic mass is 10.1. The summed E-state index contributed by atoms with van der Waals surface area (Å²) in [4.78, 5) is 24.4. The first-order valence-electron chi connectivity index (χ1n) is 6.87. The third-order valence-corrected chi connectivity index (χ3v) is 4.32. The van der Waals surface area contributed by atoms with Gasteiger partial charge in [-0.05, 0) is 30.0 Å². The molecule has 21 heavy (non-hydrogen) atoms. The maximum absolute atomic E-state index is 14.0. The predicted octanol–water partition coefficient (Wildman–Crippen LogP) is 1.95. The quantitative estimate of drug-likeness (QED) is 0.927. The lowest BCUT2D eigenvalue weighted by Gasteiger charge is -2.17. The Labute approximate surface area is 120 Å². The maximum atomic E-state index is 14.0. The van der Waals surface area contributed by atoms with Gasteiger partial charge in [0.2, 0.25) is 11.6 Å². The molecule has 0 bridgehead atoms. The molecule has 2 aliphatic rings. The van der Waals surface area contributed by atoms with Crippen molar-refractivity contribution < 1.29 is 23.5 Å². The van der Waals surface area contributed by atoms with Crippen molar-refractivity contribution in [1.29, 1.82) is 0 Å². The Hall–Kier alpha value is -1.98. The number of likely N-dealkylation sites (tertiary alicyclic amines) is 1. The third kappa shape index (κ3) is 2.50. The summed E-state index contributed by atoms with van der Waals surface area (Å²) in [6.07, 6.45) is 0.481. The molecule has 3 atom stereocenters. The molecular formula is C15H15F2NO3. The second kappa shape index (κ2) is 4.79. The number of aliphatic carboxylic acids is 1. The molecule has 1 aromatic carbocycles. The van der Waals surface area contributed by atoms with Gasteiger partial charge in [-0.25, -0.2) is 13.6 Å². The number of rotatable bonds is 3. The van der Waals surface area contributed by atoms with E-state index in [1.54, 1.807) is 12.1 Å².